The van der Waals surface area contributed by atoms with E-state index in [0.29, 0.717) is 10.8 Å². The number of benzene rings is 2. The zero-order valence-electron chi connectivity index (χ0n) is 14.7. The lowest BCUT2D eigenvalue weighted by molar-refractivity contribution is -0.120. The van der Waals surface area contributed by atoms with Crippen molar-refractivity contribution in [2.24, 2.45) is 0 Å². The lowest BCUT2D eigenvalue weighted by Gasteiger charge is -2.10. The van der Waals surface area contributed by atoms with Gasteiger partial charge in [0, 0.05) is 18.0 Å². The van der Waals surface area contributed by atoms with Gasteiger partial charge in [0.05, 0.1) is 16.8 Å². The fourth-order valence-electron chi connectivity index (χ4n) is 2.27. The second-order valence-corrected chi connectivity index (χ2v) is 8.59. The Morgan fingerprint density at radius 1 is 1.12 bits per heavy atom. The monoisotopic (exact) mass is 395 g/mol. The van der Waals surface area contributed by atoms with E-state index in [9.17, 15) is 13.2 Å². The van der Waals surface area contributed by atoms with Crippen molar-refractivity contribution in [1.82, 2.24) is 5.32 Å². The number of halogens is 1. The summed E-state index contributed by atoms with van der Waals surface area (Å²) in [6, 6.07) is 13.4. The predicted molar refractivity (Wildman–Crippen MR) is 102 cm³/mol. The van der Waals surface area contributed by atoms with Crippen molar-refractivity contribution in [2.45, 2.75) is 37.8 Å². The molecule has 2 aromatic rings. The molecule has 0 atom stereocenters. The first kappa shape index (κ1) is 20.3. The Labute approximate surface area is 159 Å². The highest BCUT2D eigenvalue weighted by molar-refractivity contribution is 7.91. The molecule has 2 aromatic carbocycles. The number of hydrogen-bond acceptors (Lipinski definition) is 4. The number of amides is 1. The minimum atomic E-state index is -3.53. The van der Waals surface area contributed by atoms with Crippen molar-refractivity contribution < 1.29 is 17.9 Å². The number of rotatable bonds is 8. The molecule has 0 radical (unpaired) electrons. The van der Waals surface area contributed by atoms with E-state index in [0.717, 1.165) is 5.56 Å². The van der Waals surface area contributed by atoms with E-state index in [2.05, 4.69) is 5.32 Å². The van der Waals surface area contributed by atoms with E-state index in [4.69, 9.17) is 16.3 Å². The topological polar surface area (TPSA) is 72.5 Å². The Morgan fingerprint density at radius 3 is 2.38 bits per heavy atom. The fourth-order valence-corrected chi connectivity index (χ4v) is 3.71. The van der Waals surface area contributed by atoms with E-state index in [1.165, 1.54) is 12.1 Å². The summed E-state index contributed by atoms with van der Waals surface area (Å²) < 4.78 is 30.2. The quantitative estimate of drug-likeness (QED) is 0.741. The molecule has 1 amide bonds. The largest absolute Gasteiger partial charge is 0.491 e. The van der Waals surface area contributed by atoms with Crippen molar-refractivity contribution in [2.75, 3.05) is 5.75 Å². The summed E-state index contributed by atoms with van der Waals surface area (Å²) in [4.78, 5) is 12.1. The Kier molecular flexibility index (Phi) is 7.06. The van der Waals surface area contributed by atoms with E-state index < -0.39 is 9.84 Å². The van der Waals surface area contributed by atoms with Gasteiger partial charge >= 0.3 is 0 Å². The van der Waals surface area contributed by atoms with Gasteiger partial charge in [0.25, 0.3) is 0 Å². The molecular formula is C19H22ClNO4S. The summed E-state index contributed by atoms with van der Waals surface area (Å²) >= 11 is 6.02. The molecule has 0 bridgehead atoms. The van der Waals surface area contributed by atoms with E-state index in [1.807, 2.05) is 19.9 Å². The van der Waals surface area contributed by atoms with Crippen molar-refractivity contribution in [1.29, 1.82) is 0 Å². The first-order chi connectivity index (χ1) is 12.3. The zero-order valence-corrected chi connectivity index (χ0v) is 16.3. The second-order valence-electron chi connectivity index (χ2n) is 6.08. The number of hydrogen-bond donors (Lipinski definition) is 1. The molecule has 0 saturated carbocycles. The van der Waals surface area contributed by atoms with Crippen LogP contribution in [0.25, 0.3) is 0 Å². The molecule has 140 valence electrons. The number of ether oxygens (including phenoxy) is 1. The average molecular weight is 396 g/mol. The predicted octanol–water partition coefficient (Wildman–Crippen LogP) is 3.61. The molecule has 26 heavy (non-hydrogen) atoms. The summed E-state index contributed by atoms with van der Waals surface area (Å²) in [6.07, 6.45) is -0.101. The van der Waals surface area contributed by atoms with Gasteiger partial charge in [0.2, 0.25) is 5.91 Å². The summed E-state index contributed by atoms with van der Waals surface area (Å²) in [5, 5.41) is 3.25. The van der Waals surface area contributed by atoms with E-state index in [-0.39, 0.29) is 35.6 Å². The molecule has 0 fully saturated rings. The molecule has 0 aromatic heterocycles. The fraction of sp³-hybridized carbons (Fsp3) is 0.316. The molecule has 1 N–H and O–H groups in total. The first-order valence-corrected chi connectivity index (χ1v) is 10.3. The lowest BCUT2D eigenvalue weighted by atomic mass is 10.2. The van der Waals surface area contributed by atoms with Gasteiger partial charge < -0.3 is 10.1 Å². The lowest BCUT2D eigenvalue weighted by Crippen LogP contribution is -2.25. The number of nitrogens with one attached hydrogen (secondary N) is 1. The van der Waals surface area contributed by atoms with Crippen LogP contribution in [0.15, 0.2) is 53.4 Å². The third-order valence-electron chi connectivity index (χ3n) is 3.59. The smallest absolute Gasteiger partial charge is 0.221 e. The van der Waals surface area contributed by atoms with Crippen LogP contribution in [0, 0.1) is 0 Å². The van der Waals surface area contributed by atoms with Crippen LogP contribution >= 0.6 is 11.6 Å². The van der Waals surface area contributed by atoms with Crippen molar-refractivity contribution in [3.8, 4) is 5.75 Å². The van der Waals surface area contributed by atoms with Gasteiger partial charge in [-0.05, 0) is 49.7 Å². The molecule has 0 unspecified atom stereocenters. The maximum Gasteiger partial charge on any atom is 0.221 e. The number of carbonyl (C=O) groups excluding carboxylic acids is 1. The minimum absolute atomic E-state index is 0.0132. The zero-order chi connectivity index (χ0) is 19.2. The van der Waals surface area contributed by atoms with Crippen LogP contribution in [-0.2, 0) is 21.2 Å². The van der Waals surface area contributed by atoms with Gasteiger partial charge in [0.1, 0.15) is 5.75 Å². The van der Waals surface area contributed by atoms with Gasteiger partial charge in [-0.15, -0.1) is 0 Å². The second kappa shape index (κ2) is 9.05. The highest BCUT2D eigenvalue weighted by Gasteiger charge is 2.17. The molecule has 0 aliphatic rings. The van der Waals surface area contributed by atoms with Gasteiger partial charge in [-0.1, -0.05) is 29.8 Å². The van der Waals surface area contributed by atoms with Gasteiger partial charge in [-0.3, -0.25) is 4.79 Å². The van der Waals surface area contributed by atoms with Crippen LogP contribution < -0.4 is 10.1 Å². The minimum Gasteiger partial charge on any atom is -0.491 e. The van der Waals surface area contributed by atoms with Crippen LogP contribution in [0.2, 0.25) is 5.02 Å². The Balaban J connectivity index is 1.88. The van der Waals surface area contributed by atoms with Crippen molar-refractivity contribution in [3.05, 3.63) is 59.1 Å². The molecule has 0 aliphatic carbocycles. The first-order valence-electron chi connectivity index (χ1n) is 8.27. The molecular weight excluding hydrogens is 374 g/mol. The third kappa shape index (κ3) is 6.04. The van der Waals surface area contributed by atoms with Crippen LogP contribution in [-0.4, -0.2) is 26.2 Å². The Morgan fingerprint density at radius 2 is 1.77 bits per heavy atom. The standard InChI is InChI=1S/C19H22ClNO4S/c1-14(2)25-16-7-9-17(10-8-16)26(23,24)12-11-19(22)21-13-15-5-3-4-6-18(15)20/h3-10,14H,11-13H2,1-2H3,(H,21,22). The molecule has 2 rings (SSSR count). The molecule has 0 spiro atoms. The molecule has 5 nitrogen and oxygen atoms in total. The average Bonchev–Trinajstić information content (AvgIpc) is 2.59. The van der Waals surface area contributed by atoms with Crippen LogP contribution in [0.1, 0.15) is 25.8 Å². The van der Waals surface area contributed by atoms with Crippen molar-refractivity contribution in [3.63, 3.8) is 0 Å². The Bertz CT molecular complexity index is 848. The highest BCUT2D eigenvalue weighted by atomic mass is 35.5. The molecule has 7 heteroatoms. The van der Waals surface area contributed by atoms with E-state index in [1.54, 1.807) is 30.3 Å². The summed E-state index contributed by atoms with van der Waals surface area (Å²) in [5.74, 6) is 0.0100. The summed E-state index contributed by atoms with van der Waals surface area (Å²) in [7, 11) is -3.53. The summed E-state index contributed by atoms with van der Waals surface area (Å²) in [5.41, 5.74) is 0.783. The maximum atomic E-state index is 12.4. The maximum absolute atomic E-state index is 12.4. The van der Waals surface area contributed by atoms with Crippen LogP contribution in [0.4, 0.5) is 0 Å². The van der Waals surface area contributed by atoms with Gasteiger partial charge in [0.15, 0.2) is 9.84 Å². The number of sulfone groups is 1. The molecule has 0 heterocycles. The highest BCUT2D eigenvalue weighted by Crippen LogP contribution is 2.19. The normalized spacial score (nSPS) is 11.4. The molecule has 0 saturated heterocycles. The van der Waals surface area contributed by atoms with Crippen LogP contribution in [0.3, 0.4) is 0 Å². The van der Waals surface area contributed by atoms with Crippen molar-refractivity contribution >= 4 is 27.3 Å². The third-order valence-corrected chi connectivity index (χ3v) is 5.69. The SMILES string of the molecule is CC(C)Oc1ccc(S(=O)(=O)CCC(=O)NCc2ccccc2Cl)cc1. The summed E-state index contributed by atoms with van der Waals surface area (Å²) in [6.45, 7) is 4.05. The van der Waals surface area contributed by atoms with Gasteiger partial charge in [-0.2, -0.15) is 0 Å². The molecule has 0 aliphatic heterocycles. The van der Waals surface area contributed by atoms with E-state index >= 15 is 0 Å². The number of carbonyl (C=O) groups is 1. The van der Waals surface area contributed by atoms with Crippen LogP contribution in [0.5, 0.6) is 5.75 Å². The van der Waals surface area contributed by atoms with Gasteiger partial charge in [-0.25, -0.2) is 8.42 Å². The Hall–Kier alpha value is -2.05.